The molecule has 0 aromatic heterocycles. The summed E-state index contributed by atoms with van der Waals surface area (Å²) >= 11 is 0. The van der Waals surface area contributed by atoms with Crippen LogP contribution in [0.25, 0.3) is 0 Å². The van der Waals surface area contributed by atoms with Crippen LogP contribution in [-0.4, -0.2) is 48.3 Å². The van der Waals surface area contributed by atoms with Gasteiger partial charge in [-0.05, 0) is 0 Å². The first-order valence-electron chi connectivity index (χ1n) is 0. The second-order valence-corrected chi connectivity index (χ2v) is 0. The van der Waals surface area contributed by atoms with E-state index in [9.17, 15) is 0 Å². The number of rotatable bonds is 0. The van der Waals surface area contributed by atoms with E-state index in [4.69, 9.17) is 0 Å². The average molecular weight is 466 g/mol. The van der Waals surface area contributed by atoms with Crippen molar-refractivity contribution >= 4 is 48.3 Å². The van der Waals surface area contributed by atoms with Crippen LogP contribution in [0.15, 0.2) is 0 Å². The summed E-state index contributed by atoms with van der Waals surface area (Å²) in [6.45, 7) is 0. The SMILES string of the molecule is [Er].[Ni].[Sb].[Sn]. The van der Waals surface area contributed by atoms with Crippen LogP contribution in [0, 0.1) is 37.3 Å². The maximum absolute atomic E-state index is 0. The van der Waals surface area contributed by atoms with Gasteiger partial charge in [0.15, 0.2) is 0 Å². The van der Waals surface area contributed by atoms with Gasteiger partial charge < -0.3 is 0 Å². The molecule has 0 saturated heterocycles. The van der Waals surface area contributed by atoms with E-state index in [-0.39, 0.29) is 102 Å². The molecule has 0 heterocycles. The van der Waals surface area contributed by atoms with Gasteiger partial charge >= 0.3 is 0 Å². The molecule has 0 N–H and O–H groups in total. The van der Waals surface area contributed by atoms with Gasteiger partial charge in [-0.3, -0.25) is 0 Å². The van der Waals surface area contributed by atoms with Gasteiger partial charge in [0.2, 0.25) is 0 Å². The molecule has 0 spiro atoms. The molecule has 0 fully saturated rings. The summed E-state index contributed by atoms with van der Waals surface area (Å²) in [6, 6.07) is 0. The molecule has 0 unspecified atom stereocenters. The fraction of sp³-hybridized carbons (Fsp3) is 0. The Morgan fingerprint density at radius 1 is 1.00 bits per heavy atom. The van der Waals surface area contributed by atoms with E-state index in [1.807, 2.05) is 0 Å². The van der Waals surface area contributed by atoms with Crippen LogP contribution in [0.1, 0.15) is 0 Å². The summed E-state index contributed by atoms with van der Waals surface area (Å²) in [4.78, 5) is 0. The van der Waals surface area contributed by atoms with Gasteiger partial charge in [-0.15, -0.1) is 0 Å². The van der Waals surface area contributed by atoms with Crippen LogP contribution in [0.4, 0.5) is 0 Å². The molecule has 0 amide bonds. The Morgan fingerprint density at radius 3 is 1.00 bits per heavy atom. The zero-order valence-corrected chi connectivity index (χ0v) is 9.80. The van der Waals surface area contributed by atoms with Gasteiger partial charge in [-0.25, -0.2) is 0 Å². The largest absolute Gasteiger partial charge is 0 e. The van der Waals surface area contributed by atoms with Crippen molar-refractivity contribution in [1.29, 1.82) is 0 Å². The van der Waals surface area contributed by atoms with Gasteiger partial charge in [-0.1, -0.05) is 0 Å². The first-order valence-corrected chi connectivity index (χ1v) is 0. The summed E-state index contributed by atoms with van der Waals surface area (Å²) in [5.74, 6) is 0. The van der Waals surface area contributed by atoms with Crippen LogP contribution in [0.2, 0.25) is 0 Å². The second kappa shape index (κ2) is 16.2. The van der Waals surface area contributed by atoms with Crippen molar-refractivity contribution in [2.75, 3.05) is 0 Å². The average Bonchev–Trinajstić information content (AvgIpc) is 0. The monoisotopic (exact) mass is 465 g/mol. The minimum atomic E-state index is 0. The first-order chi connectivity index (χ1) is 0. The smallest absolute Gasteiger partial charge is 0 e. The Hall–Kier alpha value is 3.36. The van der Waals surface area contributed by atoms with E-state index < -0.39 is 0 Å². The molecule has 0 nitrogen and oxygen atoms in total. The van der Waals surface area contributed by atoms with Crippen LogP contribution in [-0.2, 0) is 16.5 Å². The van der Waals surface area contributed by atoms with E-state index in [1.165, 1.54) is 0 Å². The standard InChI is InChI=1S/Er.Ni.Sb.Sn. The Bertz CT molecular complexity index is 8.00. The second-order valence-electron chi connectivity index (χ2n) is 0. The minimum Gasteiger partial charge on any atom is 0 e. The summed E-state index contributed by atoms with van der Waals surface area (Å²) < 4.78 is 0. The third-order valence-electron chi connectivity index (χ3n) is 0. The molecule has 0 aromatic rings. The Labute approximate surface area is 99.8 Å². The minimum absolute atomic E-state index is 0. The van der Waals surface area contributed by atoms with Crippen molar-refractivity contribution in [2.24, 2.45) is 0 Å². The molecule has 31 valence electrons. The van der Waals surface area contributed by atoms with Gasteiger partial charge in [0.05, 0.1) is 0 Å². The van der Waals surface area contributed by atoms with E-state index in [0.29, 0.717) is 0 Å². The van der Waals surface area contributed by atoms with Crippen LogP contribution in [0.5, 0.6) is 0 Å². The van der Waals surface area contributed by atoms with Gasteiger partial charge in [0.1, 0.15) is 0 Å². The Morgan fingerprint density at radius 2 is 1.00 bits per heavy atom. The summed E-state index contributed by atoms with van der Waals surface area (Å²) in [6.07, 6.45) is 0. The van der Waals surface area contributed by atoms with Crippen LogP contribution < -0.4 is 0 Å². The summed E-state index contributed by atoms with van der Waals surface area (Å²) in [5.41, 5.74) is 0. The van der Waals surface area contributed by atoms with Crippen molar-refractivity contribution in [2.45, 2.75) is 0 Å². The molecule has 0 aliphatic rings. The molecule has 0 aliphatic carbocycles. The summed E-state index contributed by atoms with van der Waals surface area (Å²) in [5, 5.41) is 0. The quantitative estimate of drug-likeness (QED) is 0.412. The predicted molar refractivity (Wildman–Crippen MR) is 11.5 cm³/mol. The summed E-state index contributed by atoms with van der Waals surface area (Å²) in [7, 11) is 0. The van der Waals surface area contributed by atoms with Crippen molar-refractivity contribution in [1.82, 2.24) is 0 Å². The van der Waals surface area contributed by atoms with Crippen LogP contribution >= 0.6 is 0 Å². The van der Waals surface area contributed by atoms with Gasteiger partial charge in [0, 0.05) is 102 Å². The van der Waals surface area contributed by atoms with Gasteiger partial charge in [-0.2, -0.15) is 0 Å². The molecule has 0 saturated carbocycles. The third kappa shape index (κ3) is 9.02. The van der Waals surface area contributed by atoms with E-state index in [1.54, 1.807) is 0 Å². The molecule has 4 heavy (non-hydrogen) atoms. The number of hydrogen-bond acceptors (Lipinski definition) is 0. The molecular formula is ErNiSbSn. The number of hydrogen-bond donors (Lipinski definition) is 0. The van der Waals surface area contributed by atoms with Crippen molar-refractivity contribution in [3.63, 3.8) is 0 Å². The van der Waals surface area contributed by atoms with Crippen molar-refractivity contribution < 1.29 is 53.8 Å². The molecule has 0 aliphatic heterocycles. The third-order valence-corrected chi connectivity index (χ3v) is 0. The van der Waals surface area contributed by atoms with Crippen molar-refractivity contribution in [3.05, 3.63) is 0 Å². The zero-order chi connectivity index (χ0) is 0. The molecule has 0 atom stereocenters. The molecule has 4 heteroatoms. The Kier molecular flexibility index (Phi) is 107. The molecule has 0 aromatic carbocycles. The van der Waals surface area contributed by atoms with Crippen molar-refractivity contribution in [3.8, 4) is 0 Å². The maximum atomic E-state index is 0. The van der Waals surface area contributed by atoms with Crippen LogP contribution in [0.3, 0.4) is 0 Å². The molecule has 7 radical (unpaired) electrons. The molecule has 0 rings (SSSR count). The predicted octanol–water partition coefficient (Wildman–Crippen LogP) is -0.764. The van der Waals surface area contributed by atoms with E-state index >= 15 is 0 Å². The first kappa shape index (κ1) is 26.4. The topological polar surface area (TPSA) is 0 Å². The molecule has 0 bridgehead atoms. The maximum Gasteiger partial charge on any atom is 0 e. The fourth-order valence-electron chi connectivity index (χ4n) is 0. The fourth-order valence-corrected chi connectivity index (χ4v) is 0. The normalized spacial score (nSPS) is 0. The zero-order valence-electron chi connectivity index (χ0n) is 1.55. The van der Waals surface area contributed by atoms with E-state index in [2.05, 4.69) is 0 Å². The van der Waals surface area contributed by atoms with E-state index in [0.717, 1.165) is 0 Å². The Balaban J connectivity index is 0. The molecular weight excluding hydrogens is 466 g/mol. The van der Waals surface area contributed by atoms with Gasteiger partial charge in [0.25, 0.3) is 0 Å².